The van der Waals surface area contributed by atoms with Crippen LogP contribution in [0.5, 0.6) is 5.75 Å². The van der Waals surface area contributed by atoms with Crippen LogP contribution in [0.1, 0.15) is 27.0 Å². The monoisotopic (exact) mass is 359 g/mol. The van der Waals surface area contributed by atoms with Crippen molar-refractivity contribution in [3.05, 3.63) is 64.7 Å². The molecule has 0 bridgehead atoms. The lowest BCUT2D eigenvalue weighted by molar-refractivity contribution is -0.137. The average molecular weight is 359 g/mol. The van der Waals surface area contributed by atoms with E-state index in [1.807, 2.05) is 18.2 Å². The summed E-state index contributed by atoms with van der Waals surface area (Å²) >= 11 is 0. The van der Waals surface area contributed by atoms with Crippen LogP contribution in [0.25, 0.3) is 0 Å². The third-order valence-electron chi connectivity index (χ3n) is 3.34. The van der Waals surface area contributed by atoms with Gasteiger partial charge in [-0.2, -0.15) is 0 Å². The van der Waals surface area contributed by atoms with Gasteiger partial charge in [0.05, 0.1) is 13.1 Å². The summed E-state index contributed by atoms with van der Waals surface area (Å²) in [5.74, 6) is -1.88. The number of phenolic OH excluding ortho intramolecular Hbond substituents is 1. The predicted octanol–water partition coefficient (Wildman–Crippen LogP) is 1.99. The summed E-state index contributed by atoms with van der Waals surface area (Å²) in [5, 5.41) is 27.8. The van der Waals surface area contributed by atoms with Crippen LogP contribution in [0.4, 0.5) is 0 Å². The lowest BCUT2D eigenvalue weighted by atomic mass is 9.99. The van der Waals surface area contributed by atoms with Gasteiger partial charge >= 0.3 is 11.9 Å². The molecule has 7 nitrogen and oxygen atoms in total. The second kappa shape index (κ2) is 9.95. The van der Waals surface area contributed by atoms with Crippen LogP contribution in [0.2, 0.25) is 0 Å². The number of carboxylic acid groups (broad SMARTS) is 2. The number of rotatable bonds is 6. The van der Waals surface area contributed by atoms with Crippen molar-refractivity contribution in [1.29, 1.82) is 0 Å². The molecule has 0 spiro atoms. The Morgan fingerprint density at radius 2 is 1.31 bits per heavy atom. The molecule has 2 rings (SSSR count). The van der Waals surface area contributed by atoms with Gasteiger partial charge in [0, 0.05) is 11.1 Å². The van der Waals surface area contributed by atoms with E-state index < -0.39 is 11.9 Å². The standard InChI is InChI=1S/C15H14O2.C4H7NO4/c1-10-8-13(9-11(2)14(10)16)15(17)12-6-4-3-5-7-12;6-3(7)1-5-2-4(8)9/h3-9,16H,1-2H3;5H,1-2H2,(H,6,7)(H,8,9). The minimum Gasteiger partial charge on any atom is -0.507 e. The number of hydrogen-bond donors (Lipinski definition) is 4. The van der Waals surface area contributed by atoms with Crippen molar-refractivity contribution in [3.8, 4) is 5.75 Å². The number of ketones is 1. The Bertz CT molecular complexity index is 749. The van der Waals surface area contributed by atoms with E-state index in [1.165, 1.54) is 0 Å². The first-order chi connectivity index (χ1) is 12.2. The van der Waals surface area contributed by atoms with Crippen molar-refractivity contribution in [1.82, 2.24) is 5.32 Å². The predicted molar refractivity (Wildman–Crippen MR) is 95.6 cm³/mol. The maximum Gasteiger partial charge on any atom is 0.317 e. The Labute approximate surface area is 150 Å². The van der Waals surface area contributed by atoms with E-state index in [4.69, 9.17) is 10.2 Å². The second-order valence-electron chi connectivity index (χ2n) is 5.54. The summed E-state index contributed by atoms with van der Waals surface area (Å²) < 4.78 is 0. The molecule has 0 saturated carbocycles. The van der Waals surface area contributed by atoms with Gasteiger partial charge < -0.3 is 15.3 Å². The van der Waals surface area contributed by atoms with Crippen molar-refractivity contribution in [2.75, 3.05) is 13.1 Å². The molecule has 0 heterocycles. The van der Waals surface area contributed by atoms with Crippen LogP contribution in [-0.2, 0) is 9.59 Å². The minimum absolute atomic E-state index is 0.0169. The van der Waals surface area contributed by atoms with Crippen molar-refractivity contribution >= 4 is 17.7 Å². The molecule has 0 fully saturated rings. The van der Waals surface area contributed by atoms with Gasteiger partial charge in [0.1, 0.15) is 5.75 Å². The number of phenols is 1. The number of carboxylic acids is 2. The normalized spacial score (nSPS) is 9.77. The van der Waals surface area contributed by atoms with E-state index in [2.05, 4.69) is 5.32 Å². The zero-order valence-electron chi connectivity index (χ0n) is 14.5. The van der Waals surface area contributed by atoms with Crippen LogP contribution in [-0.4, -0.2) is 46.1 Å². The van der Waals surface area contributed by atoms with Crippen LogP contribution in [0, 0.1) is 13.8 Å². The third kappa shape index (κ3) is 6.74. The van der Waals surface area contributed by atoms with Crippen LogP contribution < -0.4 is 5.32 Å². The van der Waals surface area contributed by atoms with E-state index in [0.29, 0.717) is 11.1 Å². The fourth-order valence-corrected chi connectivity index (χ4v) is 2.12. The number of aliphatic carboxylic acids is 2. The number of nitrogens with one attached hydrogen (secondary N) is 1. The molecule has 7 heteroatoms. The molecule has 0 aromatic heterocycles. The van der Waals surface area contributed by atoms with E-state index in [-0.39, 0.29) is 24.6 Å². The van der Waals surface area contributed by atoms with Gasteiger partial charge in [-0.15, -0.1) is 0 Å². The maximum absolute atomic E-state index is 12.2. The Balaban J connectivity index is 0.000000321. The molecule has 0 radical (unpaired) electrons. The first-order valence-electron chi connectivity index (χ1n) is 7.76. The molecule has 0 aliphatic heterocycles. The molecule has 0 unspecified atom stereocenters. The second-order valence-corrected chi connectivity index (χ2v) is 5.54. The zero-order chi connectivity index (χ0) is 19.7. The summed E-state index contributed by atoms with van der Waals surface area (Å²) in [4.78, 5) is 31.6. The Morgan fingerprint density at radius 3 is 1.73 bits per heavy atom. The van der Waals surface area contributed by atoms with Crippen molar-refractivity contribution in [3.63, 3.8) is 0 Å². The van der Waals surface area contributed by atoms with Crippen molar-refractivity contribution in [2.24, 2.45) is 0 Å². The first kappa shape index (κ1) is 20.9. The van der Waals surface area contributed by atoms with Crippen LogP contribution >= 0.6 is 0 Å². The number of carbonyl (C=O) groups excluding carboxylic acids is 1. The Kier molecular flexibility index (Phi) is 7.98. The van der Waals surface area contributed by atoms with Gasteiger partial charge in [-0.25, -0.2) is 0 Å². The Hall–Kier alpha value is -3.19. The number of aryl methyl sites for hydroxylation is 2. The number of aromatic hydroxyl groups is 1. The van der Waals surface area contributed by atoms with E-state index in [0.717, 1.165) is 11.1 Å². The van der Waals surface area contributed by atoms with Gasteiger partial charge in [0.15, 0.2) is 5.78 Å². The minimum atomic E-state index is -1.06. The van der Waals surface area contributed by atoms with Crippen molar-refractivity contribution < 1.29 is 29.7 Å². The summed E-state index contributed by atoms with van der Waals surface area (Å²) in [5.41, 5.74) is 2.73. The highest BCUT2D eigenvalue weighted by Gasteiger charge is 2.11. The summed E-state index contributed by atoms with van der Waals surface area (Å²) in [6.45, 7) is 2.97. The maximum atomic E-state index is 12.2. The summed E-state index contributed by atoms with van der Waals surface area (Å²) in [6, 6.07) is 12.6. The number of benzene rings is 2. The smallest absolute Gasteiger partial charge is 0.317 e. The molecule has 0 amide bonds. The van der Waals surface area contributed by atoms with Crippen molar-refractivity contribution in [2.45, 2.75) is 13.8 Å². The Morgan fingerprint density at radius 1 is 0.846 bits per heavy atom. The lowest BCUT2D eigenvalue weighted by Gasteiger charge is -2.07. The van der Waals surface area contributed by atoms with Gasteiger partial charge in [-0.1, -0.05) is 30.3 Å². The number of hydrogen-bond acceptors (Lipinski definition) is 5. The number of carbonyl (C=O) groups is 3. The largest absolute Gasteiger partial charge is 0.507 e. The topological polar surface area (TPSA) is 124 Å². The third-order valence-corrected chi connectivity index (χ3v) is 3.34. The fourth-order valence-electron chi connectivity index (χ4n) is 2.12. The average Bonchev–Trinajstić information content (AvgIpc) is 2.59. The van der Waals surface area contributed by atoms with Crippen LogP contribution in [0.3, 0.4) is 0 Å². The fraction of sp³-hybridized carbons (Fsp3) is 0.211. The quantitative estimate of drug-likeness (QED) is 0.581. The summed E-state index contributed by atoms with van der Waals surface area (Å²) in [7, 11) is 0. The molecular formula is C19H21NO6. The highest BCUT2D eigenvalue weighted by Crippen LogP contribution is 2.24. The molecule has 2 aromatic carbocycles. The molecule has 2 aromatic rings. The van der Waals surface area contributed by atoms with E-state index in [1.54, 1.807) is 38.1 Å². The zero-order valence-corrected chi connectivity index (χ0v) is 14.5. The molecule has 0 saturated heterocycles. The molecule has 26 heavy (non-hydrogen) atoms. The highest BCUT2D eigenvalue weighted by atomic mass is 16.4. The molecule has 138 valence electrons. The molecule has 0 aliphatic carbocycles. The van der Waals surface area contributed by atoms with Gasteiger partial charge in [0.25, 0.3) is 0 Å². The van der Waals surface area contributed by atoms with E-state index in [9.17, 15) is 19.5 Å². The molecule has 4 N–H and O–H groups in total. The lowest BCUT2D eigenvalue weighted by Crippen LogP contribution is -2.27. The van der Waals surface area contributed by atoms with Gasteiger partial charge in [-0.05, 0) is 37.1 Å². The summed E-state index contributed by atoms with van der Waals surface area (Å²) in [6.07, 6.45) is 0. The molecule has 0 atom stereocenters. The SMILES string of the molecule is Cc1cc(C(=O)c2ccccc2)cc(C)c1O.O=C(O)CNCC(=O)O. The molecule has 0 aliphatic rings. The highest BCUT2D eigenvalue weighted by molar-refractivity contribution is 6.09. The van der Waals surface area contributed by atoms with Crippen LogP contribution in [0.15, 0.2) is 42.5 Å². The van der Waals surface area contributed by atoms with Gasteiger partial charge in [-0.3, -0.25) is 19.7 Å². The molecular weight excluding hydrogens is 338 g/mol. The van der Waals surface area contributed by atoms with E-state index >= 15 is 0 Å². The van der Waals surface area contributed by atoms with Gasteiger partial charge in [0.2, 0.25) is 0 Å². The first-order valence-corrected chi connectivity index (χ1v) is 7.76.